The summed E-state index contributed by atoms with van der Waals surface area (Å²) in [5.41, 5.74) is 0.298. The Balaban J connectivity index is 1.44. The van der Waals surface area contributed by atoms with Crippen molar-refractivity contribution in [2.45, 2.75) is 96.1 Å². The summed E-state index contributed by atoms with van der Waals surface area (Å²) in [6, 6.07) is 0. The van der Waals surface area contributed by atoms with Crippen LogP contribution in [0.3, 0.4) is 0 Å². The van der Waals surface area contributed by atoms with Gasteiger partial charge in [0.15, 0.2) is 0 Å². The highest BCUT2D eigenvalue weighted by Gasteiger charge is 2.40. The van der Waals surface area contributed by atoms with Crippen molar-refractivity contribution in [3.8, 4) is 0 Å². The van der Waals surface area contributed by atoms with Gasteiger partial charge >= 0.3 is 0 Å². The van der Waals surface area contributed by atoms with E-state index in [9.17, 15) is 14.4 Å². The molecule has 2 aromatic heterocycles. The summed E-state index contributed by atoms with van der Waals surface area (Å²) in [7, 11) is 0. The second-order valence-corrected chi connectivity index (χ2v) is 10.3. The molecule has 0 atom stereocenters. The van der Waals surface area contributed by atoms with Gasteiger partial charge in [-0.1, -0.05) is 32.6 Å². The summed E-state index contributed by atoms with van der Waals surface area (Å²) >= 11 is 1.63. The number of aromatic nitrogens is 2. The number of amides is 2. The van der Waals surface area contributed by atoms with E-state index in [4.69, 9.17) is 0 Å². The predicted molar refractivity (Wildman–Crippen MR) is 127 cm³/mol. The van der Waals surface area contributed by atoms with Crippen LogP contribution in [0, 0.1) is 0 Å². The number of hydrogen-bond acceptors (Lipinski definition) is 5. The van der Waals surface area contributed by atoms with Gasteiger partial charge in [0.2, 0.25) is 11.8 Å². The van der Waals surface area contributed by atoms with Crippen molar-refractivity contribution >= 4 is 33.4 Å². The Morgan fingerprint density at radius 3 is 2.72 bits per heavy atom. The molecule has 0 bridgehead atoms. The third kappa shape index (κ3) is 4.75. The van der Waals surface area contributed by atoms with Crippen molar-refractivity contribution in [1.29, 1.82) is 0 Å². The van der Waals surface area contributed by atoms with Gasteiger partial charge in [-0.2, -0.15) is 0 Å². The lowest BCUT2D eigenvalue weighted by Crippen LogP contribution is -2.59. The maximum absolute atomic E-state index is 13.1. The largest absolute Gasteiger partial charge is 0.354 e. The molecule has 174 valence electrons. The van der Waals surface area contributed by atoms with E-state index in [0.717, 1.165) is 67.1 Å². The Bertz CT molecular complexity index is 1040. The van der Waals surface area contributed by atoms with E-state index in [-0.39, 0.29) is 30.3 Å². The van der Waals surface area contributed by atoms with Crippen LogP contribution in [-0.4, -0.2) is 33.4 Å². The molecule has 1 fully saturated rings. The van der Waals surface area contributed by atoms with E-state index in [0.29, 0.717) is 19.4 Å². The quantitative estimate of drug-likeness (QED) is 0.593. The highest BCUT2D eigenvalue weighted by molar-refractivity contribution is 7.18. The first kappa shape index (κ1) is 23.0. The van der Waals surface area contributed by atoms with E-state index in [2.05, 4.69) is 22.5 Å². The van der Waals surface area contributed by atoms with Gasteiger partial charge in [0, 0.05) is 24.4 Å². The molecule has 2 heterocycles. The van der Waals surface area contributed by atoms with Crippen LogP contribution in [-0.2, 0) is 29.0 Å². The number of thiophene rings is 1. The van der Waals surface area contributed by atoms with Crippen LogP contribution in [0.4, 0.5) is 0 Å². The number of unbranched alkanes of at least 4 members (excludes halogenated alkanes) is 1. The molecule has 0 radical (unpaired) electrons. The molecule has 2 aromatic rings. The van der Waals surface area contributed by atoms with E-state index in [1.54, 1.807) is 22.2 Å². The first-order valence-electron chi connectivity index (χ1n) is 12.1. The Morgan fingerprint density at radius 2 is 1.94 bits per heavy atom. The zero-order chi connectivity index (χ0) is 22.6. The smallest absolute Gasteiger partial charge is 0.262 e. The minimum absolute atomic E-state index is 0.0492. The number of carbonyl (C=O) groups excluding carboxylic acids is 2. The number of aryl methyl sites for hydroxylation is 3. The van der Waals surface area contributed by atoms with Crippen molar-refractivity contribution < 1.29 is 9.59 Å². The molecular formula is C24H34N4O3S. The lowest BCUT2D eigenvalue weighted by atomic mass is 9.80. The van der Waals surface area contributed by atoms with E-state index in [1.165, 1.54) is 11.3 Å². The van der Waals surface area contributed by atoms with Gasteiger partial charge in [-0.15, -0.1) is 11.3 Å². The average molecular weight is 459 g/mol. The van der Waals surface area contributed by atoms with E-state index in [1.807, 2.05) is 0 Å². The molecule has 0 aromatic carbocycles. The number of rotatable bonds is 8. The summed E-state index contributed by atoms with van der Waals surface area (Å²) in [5.74, 6) is -0.249. The Labute approximate surface area is 193 Å². The first-order chi connectivity index (χ1) is 15.5. The van der Waals surface area contributed by atoms with Gasteiger partial charge < -0.3 is 10.6 Å². The van der Waals surface area contributed by atoms with Crippen molar-refractivity contribution in [1.82, 2.24) is 20.2 Å². The fourth-order valence-electron chi connectivity index (χ4n) is 5.00. The van der Waals surface area contributed by atoms with Crippen LogP contribution in [0.1, 0.15) is 81.6 Å². The molecule has 8 heteroatoms. The first-order valence-corrected chi connectivity index (χ1v) is 12.9. The second kappa shape index (κ2) is 10.1. The summed E-state index contributed by atoms with van der Waals surface area (Å²) in [6.45, 7) is 3.00. The zero-order valence-electron chi connectivity index (χ0n) is 19.0. The van der Waals surface area contributed by atoms with Crippen LogP contribution in [0.15, 0.2) is 11.1 Å². The Kier molecular flexibility index (Phi) is 7.28. The zero-order valence-corrected chi connectivity index (χ0v) is 19.8. The molecule has 2 amide bonds. The summed E-state index contributed by atoms with van der Waals surface area (Å²) in [4.78, 5) is 45.5. The Morgan fingerprint density at radius 1 is 1.16 bits per heavy atom. The number of carbonyl (C=O) groups is 2. The maximum atomic E-state index is 13.1. The molecule has 2 aliphatic rings. The van der Waals surface area contributed by atoms with Crippen LogP contribution in [0.25, 0.3) is 10.2 Å². The molecule has 0 aliphatic heterocycles. The minimum Gasteiger partial charge on any atom is -0.354 e. The van der Waals surface area contributed by atoms with Gasteiger partial charge in [0.1, 0.15) is 10.4 Å². The summed E-state index contributed by atoms with van der Waals surface area (Å²) in [6.07, 6.45) is 12.2. The molecule has 2 aliphatic carbocycles. The van der Waals surface area contributed by atoms with Crippen LogP contribution in [0.2, 0.25) is 0 Å². The minimum atomic E-state index is -0.817. The van der Waals surface area contributed by atoms with Gasteiger partial charge in [0.05, 0.1) is 11.7 Å². The lowest BCUT2D eigenvalue weighted by molar-refractivity contribution is -0.135. The molecule has 0 unspecified atom stereocenters. The second-order valence-electron chi connectivity index (χ2n) is 9.18. The SMILES string of the molecule is CCCCNC(=O)C1(NC(=O)CCn2cnc3sc4c(c3c2=O)CCCC4)CCCCC1. The highest BCUT2D eigenvalue weighted by Crippen LogP contribution is 2.33. The van der Waals surface area contributed by atoms with Crippen molar-refractivity contribution in [3.05, 3.63) is 27.1 Å². The third-order valence-corrected chi connectivity index (χ3v) is 8.06. The van der Waals surface area contributed by atoms with Crippen molar-refractivity contribution in [2.24, 2.45) is 0 Å². The van der Waals surface area contributed by atoms with E-state index < -0.39 is 5.54 Å². The fraction of sp³-hybridized carbons (Fsp3) is 0.667. The third-order valence-electron chi connectivity index (χ3n) is 6.86. The number of nitrogens with one attached hydrogen (secondary N) is 2. The molecule has 2 N–H and O–H groups in total. The van der Waals surface area contributed by atoms with Gasteiger partial charge in [-0.3, -0.25) is 19.0 Å². The number of nitrogens with zero attached hydrogens (tertiary/aromatic N) is 2. The molecule has 0 saturated heterocycles. The molecule has 0 spiro atoms. The standard InChI is InChI=1S/C24H34N4O3S/c1-2-3-14-25-23(31)24(12-7-4-8-13-24)27-19(29)11-15-28-16-26-21-20(22(28)30)17-9-5-6-10-18(17)32-21/h16H,2-15H2,1H3,(H,25,31)(H,27,29). The topological polar surface area (TPSA) is 93.1 Å². The average Bonchev–Trinajstić information content (AvgIpc) is 3.18. The van der Waals surface area contributed by atoms with E-state index >= 15 is 0 Å². The molecule has 1 saturated carbocycles. The summed E-state index contributed by atoms with van der Waals surface area (Å²) < 4.78 is 1.55. The molecule has 32 heavy (non-hydrogen) atoms. The van der Waals surface area contributed by atoms with Gasteiger partial charge in [-0.25, -0.2) is 4.98 Å². The van der Waals surface area contributed by atoms with Gasteiger partial charge in [-0.05, 0) is 50.5 Å². The fourth-order valence-corrected chi connectivity index (χ4v) is 6.22. The molecule has 4 rings (SSSR count). The lowest BCUT2D eigenvalue weighted by Gasteiger charge is -2.36. The van der Waals surface area contributed by atoms with Crippen LogP contribution < -0.4 is 16.2 Å². The number of hydrogen-bond donors (Lipinski definition) is 2. The van der Waals surface area contributed by atoms with Crippen LogP contribution in [0.5, 0.6) is 0 Å². The van der Waals surface area contributed by atoms with Crippen molar-refractivity contribution in [3.63, 3.8) is 0 Å². The number of fused-ring (bicyclic) bond motifs is 3. The highest BCUT2D eigenvalue weighted by atomic mass is 32.1. The Hall–Kier alpha value is -2.22. The maximum Gasteiger partial charge on any atom is 0.262 e. The van der Waals surface area contributed by atoms with Crippen LogP contribution >= 0.6 is 11.3 Å². The van der Waals surface area contributed by atoms with Gasteiger partial charge in [0.25, 0.3) is 5.56 Å². The monoisotopic (exact) mass is 458 g/mol. The van der Waals surface area contributed by atoms with Crippen molar-refractivity contribution in [2.75, 3.05) is 6.54 Å². The molecular weight excluding hydrogens is 424 g/mol. The summed E-state index contributed by atoms with van der Waals surface area (Å²) in [5, 5.41) is 6.80. The molecule has 7 nitrogen and oxygen atoms in total. The normalized spacial score (nSPS) is 17.7. The predicted octanol–water partition coefficient (Wildman–Crippen LogP) is 3.46.